The van der Waals surface area contributed by atoms with Crippen molar-refractivity contribution in [3.05, 3.63) is 24.3 Å². The van der Waals surface area contributed by atoms with Gasteiger partial charge >= 0.3 is 5.97 Å². The summed E-state index contributed by atoms with van der Waals surface area (Å²) in [5.74, 6) is -0.745. The third-order valence-electron chi connectivity index (χ3n) is 1.24. The molecule has 1 rings (SSSR count). The van der Waals surface area contributed by atoms with Crippen LogP contribution in [-0.4, -0.2) is 11.1 Å². The van der Waals surface area contributed by atoms with Gasteiger partial charge in [0.25, 0.3) is 0 Å². The van der Waals surface area contributed by atoms with Crippen LogP contribution in [0.1, 0.15) is 13.3 Å². The number of nitrogen functional groups attached to an aromatic ring is 2. The summed E-state index contributed by atoms with van der Waals surface area (Å²) in [7, 11) is 0. The van der Waals surface area contributed by atoms with E-state index >= 15 is 0 Å². The van der Waals surface area contributed by atoms with Gasteiger partial charge in [-0.15, -0.1) is 0 Å². The Morgan fingerprint density at radius 2 is 1.46 bits per heavy atom. The number of carboxylic acids is 1. The third kappa shape index (κ3) is 6.68. The van der Waals surface area contributed by atoms with E-state index in [0.29, 0.717) is 0 Å². The maximum atomic E-state index is 9.37. The number of carbonyl (C=O) groups is 1. The summed E-state index contributed by atoms with van der Waals surface area (Å²) in [6, 6.07) is 7.09. The van der Waals surface area contributed by atoms with E-state index in [4.69, 9.17) is 16.6 Å². The van der Waals surface area contributed by atoms with Gasteiger partial charge in [-0.2, -0.15) is 0 Å². The first-order valence-electron chi connectivity index (χ1n) is 3.89. The van der Waals surface area contributed by atoms with Crippen LogP contribution in [0.5, 0.6) is 0 Å². The summed E-state index contributed by atoms with van der Waals surface area (Å²) in [6.45, 7) is 1.60. The van der Waals surface area contributed by atoms with E-state index in [2.05, 4.69) is 0 Å². The molecular weight excluding hydrogens is 168 g/mol. The fraction of sp³-hybridized carbons (Fsp3) is 0.222. The highest BCUT2D eigenvalue weighted by Gasteiger charge is 1.81. The van der Waals surface area contributed by atoms with Crippen molar-refractivity contribution in [1.82, 2.24) is 0 Å². The molecule has 4 heteroatoms. The zero-order valence-electron chi connectivity index (χ0n) is 7.53. The minimum absolute atomic E-state index is 0.222. The molecule has 0 spiro atoms. The zero-order valence-corrected chi connectivity index (χ0v) is 7.53. The average Bonchev–Trinajstić information content (AvgIpc) is 2.11. The molecular formula is C9H14N2O2. The largest absolute Gasteiger partial charge is 0.481 e. The topological polar surface area (TPSA) is 89.3 Å². The molecule has 1 aromatic carbocycles. The van der Waals surface area contributed by atoms with Crippen molar-refractivity contribution in [3.63, 3.8) is 0 Å². The molecule has 5 N–H and O–H groups in total. The monoisotopic (exact) mass is 182 g/mol. The maximum Gasteiger partial charge on any atom is 0.303 e. The molecule has 0 saturated carbocycles. The Morgan fingerprint density at radius 3 is 1.62 bits per heavy atom. The van der Waals surface area contributed by atoms with Crippen molar-refractivity contribution in [1.29, 1.82) is 0 Å². The summed E-state index contributed by atoms with van der Waals surface area (Å²) >= 11 is 0. The number of rotatable bonds is 1. The van der Waals surface area contributed by atoms with Gasteiger partial charge in [-0.1, -0.05) is 6.92 Å². The van der Waals surface area contributed by atoms with Gasteiger partial charge in [0.15, 0.2) is 0 Å². The van der Waals surface area contributed by atoms with Crippen molar-refractivity contribution >= 4 is 17.3 Å². The Morgan fingerprint density at radius 1 is 1.23 bits per heavy atom. The standard InChI is InChI=1S/C6H8N2.C3H6O2/c7-5-1-2-6(8)4-3-5;1-2-3(4)5/h1-4H,7-8H2;2H2,1H3,(H,4,5). The van der Waals surface area contributed by atoms with E-state index < -0.39 is 5.97 Å². The molecule has 0 aliphatic rings. The predicted molar refractivity (Wildman–Crippen MR) is 53.2 cm³/mol. The number of aliphatic carboxylic acids is 1. The van der Waals surface area contributed by atoms with Gasteiger partial charge in [-0.05, 0) is 24.3 Å². The first kappa shape index (κ1) is 11.3. The fourth-order valence-corrected chi connectivity index (χ4v) is 0.496. The number of benzene rings is 1. The first-order valence-corrected chi connectivity index (χ1v) is 3.89. The van der Waals surface area contributed by atoms with E-state index in [-0.39, 0.29) is 6.42 Å². The lowest BCUT2D eigenvalue weighted by molar-refractivity contribution is -0.136. The Balaban J connectivity index is 0.000000252. The van der Waals surface area contributed by atoms with E-state index in [0.717, 1.165) is 11.4 Å². The number of hydrogen-bond donors (Lipinski definition) is 3. The number of carboxylic acid groups (broad SMARTS) is 1. The van der Waals surface area contributed by atoms with Crippen molar-refractivity contribution in [2.75, 3.05) is 11.5 Å². The van der Waals surface area contributed by atoms with E-state index in [1.54, 1.807) is 31.2 Å². The molecule has 0 aliphatic carbocycles. The molecule has 0 heterocycles. The van der Waals surface area contributed by atoms with Crippen molar-refractivity contribution in [3.8, 4) is 0 Å². The van der Waals surface area contributed by atoms with Crippen molar-refractivity contribution in [2.45, 2.75) is 13.3 Å². The molecule has 0 unspecified atom stereocenters. The summed E-state index contributed by atoms with van der Waals surface area (Å²) < 4.78 is 0. The highest BCUT2D eigenvalue weighted by molar-refractivity contribution is 5.66. The normalized spacial score (nSPS) is 8.38. The Kier molecular flexibility index (Phi) is 5.11. The summed E-state index contributed by atoms with van der Waals surface area (Å²) in [5.41, 5.74) is 12.2. The van der Waals surface area contributed by atoms with Gasteiger partial charge in [0.05, 0.1) is 0 Å². The van der Waals surface area contributed by atoms with E-state index in [9.17, 15) is 4.79 Å². The summed E-state index contributed by atoms with van der Waals surface area (Å²) in [6.07, 6.45) is 0.222. The highest BCUT2D eigenvalue weighted by Crippen LogP contribution is 2.04. The molecule has 4 nitrogen and oxygen atoms in total. The second-order valence-electron chi connectivity index (χ2n) is 2.41. The maximum absolute atomic E-state index is 9.37. The number of hydrogen-bond acceptors (Lipinski definition) is 3. The Labute approximate surface area is 77.2 Å². The minimum Gasteiger partial charge on any atom is -0.481 e. The lowest BCUT2D eigenvalue weighted by Crippen LogP contribution is -1.86. The first-order chi connectivity index (χ1) is 6.06. The van der Waals surface area contributed by atoms with Crippen molar-refractivity contribution in [2.24, 2.45) is 0 Å². The highest BCUT2D eigenvalue weighted by atomic mass is 16.4. The molecule has 0 atom stereocenters. The van der Waals surface area contributed by atoms with Crippen molar-refractivity contribution < 1.29 is 9.90 Å². The van der Waals surface area contributed by atoms with Crippen LogP contribution in [0.15, 0.2) is 24.3 Å². The van der Waals surface area contributed by atoms with Gasteiger partial charge in [-0.3, -0.25) is 4.79 Å². The quantitative estimate of drug-likeness (QED) is 0.571. The molecule has 1 aromatic rings. The molecule has 72 valence electrons. The average molecular weight is 182 g/mol. The second kappa shape index (κ2) is 5.88. The van der Waals surface area contributed by atoms with E-state index in [1.807, 2.05) is 0 Å². The second-order valence-corrected chi connectivity index (χ2v) is 2.41. The van der Waals surface area contributed by atoms with Crippen LogP contribution < -0.4 is 11.5 Å². The Hall–Kier alpha value is -1.71. The van der Waals surface area contributed by atoms with Gasteiger partial charge in [0.1, 0.15) is 0 Å². The lowest BCUT2D eigenvalue weighted by Gasteiger charge is -1.90. The molecule has 13 heavy (non-hydrogen) atoms. The molecule has 0 saturated heterocycles. The number of nitrogens with two attached hydrogens (primary N) is 2. The van der Waals surface area contributed by atoms with Crippen LogP contribution in [0.4, 0.5) is 11.4 Å². The molecule has 0 amide bonds. The molecule has 0 fully saturated rings. The van der Waals surface area contributed by atoms with Gasteiger partial charge in [0, 0.05) is 17.8 Å². The van der Waals surface area contributed by atoms with Crippen LogP contribution >= 0.6 is 0 Å². The van der Waals surface area contributed by atoms with Crippen LogP contribution in [0, 0.1) is 0 Å². The third-order valence-corrected chi connectivity index (χ3v) is 1.24. The van der Waals surface area contributed by atoms with Gasteiger partial charge < -0.3 is 16.6 Å². The smallest absolute Gasteiger partial charge is 0.303 e. The SMILES string of the molecule is CCC(=O)O.Nc1ccc(N)cc1. The van der Waals surface area contributed by atoms with Crippen LogP contribution in [-0.2, 0) is 4.79 Å². The van der Waals surface area contributed by atoms with Gasteiger partial charge in [0.2, 0.25) is 0 Å². The summed E-state index contributed by atoms with van der Waals surface area (Å²) in [4.78, 5) is 9.37. The number of anilines is 2. The zero-order chi connectivity index (χ0) is 10.3. The van der Waals surface area contributed by atoms with E-state index in [1.165, 1.54) is 0 Å². The van der Waals surface area contributed by atoms with Crippen LogP contribution in [0.3, 0.4) is 0 Å². The fourth-order valence-electron chi connectivity index (χ4n) is 0.496. The van der Waals surface area contributed by atoms with Crippen LogP contribution in [0.25, 0.3) is 0 Å². The predicted octanol–water partition coefficient (Wildman–Crippen LogP) is 1.33. The molecule has 0 aliphatic heterocycles. The lowest BCUT2D eigenvalue weighted by atomic mass is 10.3. The summed E-state index contributed by atoms with van der Waals surface area (Å²) in [5, 5.41) is 7.72. The Bertz CT molecular complexity index is 236. The molecule has 0 bridgehead atoms. The van der Waals surface area contributed by atoms with Crippen LogP contribution in [0.2, 0.25) is 0 Å². The minimum atomic E-state index is -0.745. The van der Waals surface area contributed by atoms with Gasteiger partial charge in [-0.25, -0.2) is 0 Å². The molecule has 0 aromatic heterocycles. The molecule has 0 radical (unpaired) electrons.